The highest BCUT2D eigenvalue weighted by molar-refractivity contribution is 7.88. The van der Waals surface area contributed by atoms with E-state index in [1.54, 1.807) is 0 Å². The van der Waals surface area contributed by atoms with Gasteiger partial charge in [0.25, 0.3) is 0 Å². The van der Waals surface area contributed by atoms with E-state index in [1.165, 1.54) is 16.6 Å². The number of aryl methyl sites for hydroxylation is 1. The van der Waals surface area contributed by atoms with E-state index in [0.717, 1.165) is 6.26 Å². The molecular formula is C23H30ClFN6O3S. The molecule has 1 fully saturated rings. The number of halogens is 2. The van der Waals surface area contributed by atoms with Crippen LogP contribution in [0.25, 0.3) is 22.3 Å². The van der Waals surface area contributed by atoms with Crippen LogP contribution in [0.3, 0.4) is 0 Å². The number of imidazole rings is 1. The number of benzene rings is 1. The van der Waals surface area contributed by atoms with Gasteiger partial charge in [-0.25, -0.2) is 27.8 Å². The maximum atomic E-state index is 15.0. The maximum Gasteiger partial charge on any atom is 0.223 e. The van der Waals surface area contributed by atoms with Gasteiger partial charge in [0, 0.05) is 18.2 Å². The van der Waals surface area contributed by atoms with Crippen molar-refractivity contribution in [2.75, 3.05) is 18.1 Å². The van der Waals surface area contributed by atoms with Gasteiger partial charge in [0.15, 0.2) is 5.82 Å². The third-order valence-electron chi connectivity index (χ3n) is 6.45. The fourth-order valence-corrected chi connectivity index (χ4v) is 6.32. The van der Waals surface area contributed by atoms with Gasteiger partial charge in [-0.05, 0) is 45.7 Å². The zero-order valence-electron chi connectivity index (χ0n) is 20.3. The number of aliphatic hydroxyl groups is 1. The van der Waals surface area contributed by atoms with Crippen molar-refractivity contribution < 1.29 is 17.9 Å². The number of fused-ring (bicyclic) bond motifs is 1. The fourth-order valence-electron chi connectivity index (χ4n) is 4.92. The lowest BCUT2D eigenvalue weighted by Crippen LogP contribution is -2.58. The molecule has 35 heavy (non-hydrogen) atoms. The monoisotopic (exact) mass is 524 g/mol. The lowest BCUT2D eigenvalue weighted by atomic mass is 9.94. The number of aromatic nitrogens is 4. The molecule has 1 aromatic carbocycles. The molecule has 0 bridgehead atoms. The van der Waals surface area contributed by atoms with Crippen LogP contribution < -0.4 is 5.32 Å². The van der Waals surface area contributed by atoms with Gasteiger partial charge in [-0.2, -0.15) is 4.31 Å². The topological polar surface area (TPSA) is 113 Å². The molecular weight excluding hydrogens is 495 g/mol. The number of hydrogen-bond donors (Lipinski definition) is 2. The van der Waals surface area contributed by atoms with Gasteiger partial charge in [0.2, 0.25) is 16.0 Å². The molecule has 0 saturated carbocycles. The normalized spacial score (nSPS) is 21.7. The molecule has 3 heterocycles. The SMILES string of the molecule is CC[C@@H]1[C@H](O)[C@@H](Nc2ncc(Cl)c(-c3cc(F)c4nc(C)n(C(C)C)c4c3)n2)CCN1S(C)(=O)=O. The fraction of sp³-hybridized carbons (Fsp3) is 0.522. The second-order valence-corrected chi connectivity index (χ2v) is 11.6. The van der Waals surface area contributed by atoms with Gasteiger partial charge < -0.3 is 15.0 Å². The molecule has 9 nitrogen and oxygen atoms in total. The lowest BCUT2D eigenvalue weighted by molar-refractivity contribution is 0.0402. The second-order valence-electron chi connectivity index (χ2n) is 9.22. The number of nitrogens with one attached hydrogen (secondary N) is 1. The number of piperidine rings is 1. The van der Waals surface area contributed by atoms with E-state index in [4.69, 9.17) is 11.6 Å². The first-order valence-corrected chi connectivity index (χ1v) is 13.8. The Hall–Kier alpha value is -2.34. The van der Waals surface area contributed by atoms with Gasteiger partial charge in [-0.15, -0.1) is 0 Å². The van der Waals surface area contributed by atoms with Crippen LogP contribution in [0, 0.1) is 12.7 Å². The molecule has 2 aromatic heterocycles. The van der Waals surface area contributed by atoms with Crippen LogP contribution in [-0.2, 0) is 10.0 Å². The molecule has 2 N–H and O–H groups in total. The smallest absolute Gasteiger partial charge is 0.223 e. The summed E-state index contributed by atoms with van der Waals surface area (Å²) in [6.45, 7) is 7.94. The third-order valence-corrected chi connectivity index (χ3v) is 8.04. The minimum absolute atomic E-state index is 0.0820. The highest BCUT2D eigenvalue weighted by Gasteiger charge is 2.40. The third kappa shape index (κ3) is 4.87. The second kappa shape index (κ2) is 9.61. The summed E-state index contributed by atoms with van der Waals surface area (Å²) in [5, 5.41) is 14.3. The van der Waals surface area contributed by atoms with E-state index in [-0.39, 0.29) is 29.1 Å². The van der Waals surface area contributed by atoms with Gasteiger partial charge in [0.05, 0.1) is 46.9 Å². The number of rotatable bonds is 6. The first kappa shape index (κ1) is 25.7. The van der Waals surface area contributed by atoms with Crippen molar-refractivity contribution in [3.63, 3.8) is 0 Å². The summed E-state index contributed by atoms with van der Waals surface area (Å²) >= 11 is 6.41. The van der Waals surface area contributed by atoms with Crippen molar-refractivity contribution in [2.45, 2.75) is 64.8 Å². The predicted molar refractivity (Wildman–Crippen MR) is 135 cm³/mol. The summed E-state index contributed by atoms with van der Waals surface area (Å²) in [7, 11) is -3.44. The number of nitrogens with zero attached hydrogens (tertiary/aromatic N) is 5. The Morgan fingerprint density at radius 3 is 2.66 bits per heavy atom. The number of hydrogen-bond acceptors (Lipinski definition) is 7. The predicted octanol–water partition coefficient (Wildman–Crippen LogP) is 3.76. The van der Waals surface area contributed by atoms with E-state index in [9.17, 15) is 17.9 Å². The van der Waals surface area contributed by atoms with Crippen LogP contribution in [0.1, 0.15) is 45.5 Å². The van der Waals surface area contributed by atoms with E-state index in [2.05, 4.69) is 20.3 Å². The van der Waals surface area contributed by atoms with E-state index < -0.39 is 34.0 Å². The molecule has 0 radical (unpaired) electrons. The minimum atomic E-state index is -3.44. The summed E-state index contributed by atoms with van der Waals surface area (Å²) in [6, 6.07) is 2.22. The molecule has 1 aliphatic rings. The largest absolute Gasteiger partial charge is 0.389 e. The first-order valence-electron chi connectivity index (χ1n) is 11.5. The molecule has 3 atom stereocenters. The Balaban J connectivity index is 1.68. The summed E-state index contributed by atoms with van der Waals surface area (Å²) < 4.78 is 42.5. The van der Waals surface area contributed by atoms with Gasteiger partial charge >= 0.3 is 0 Å². The van der Waals surface area contributed by atoms with Crippen molar-refractivity contribution in [1.29, 1.82) is 0 Å². The van der Waals surface area contributed by atoms with Crippen molar-refractivity contribution in [3.05, 3.63) is 35.0 Å². The van der Waals surface area contributed by atoms with Crippen LogP contribution in [0.15, 0.2) is 18.3 Å². The molecule has 4 rings (SSSR count). The molecule has 12 heteroatoms. The summed E-state index contributed by atoms with van der Waals surface area (Å²) in [5.41, 5.74) is 1.75. The number of aliphatic hydroxyl groups excluding tert-OH is 1. The molecule has 190 valence electrons. The summed E-state index contributed by atoms with van der Waals surface area (Å²) in [4.78, 5) is 13.1. The van der Waals surface area contributed by atoms with Crippen LogP contribution in [0.5, 0.6) is 0 Å². The van der Waals surface area contributed by atoms with E-state index >= 15 is 0 Å². The summed E-state index contributed by atoms with van der Waals surface area (Å²) in [5.74, 6) is 0.450. The van der Waals surface area contributed by atoms with Gasteiger partial charge in [-0.1, -0.05) is 18.5 Å². The highest BCUT2D eigenvalue weighted by atomic mass is 35.5. The van der Waals surface area contributed by atoms with Crippen molar-refractivity contribution in [1.82, 2.24) is 23.8 Å². The first-order chi connectivity index (χ1) is 16.4. The highest BCUT2D eigenvalue weighted by Crippen LogP contribution is 2.33. The molecule has 0 spiro atoms. The number of anilines is 1. The molecule has 0 amide bonds. The molecule has 0 aliphatic carbocycles. The summed E-state index contributed by atoms with van der Waals surface area (Å²) in [6.07, 6.45) is 2.45. The van der Waals surface area contributed by atoms with Crippen molar-refractivity contribution >= 4 is 38.6 Å². The van der Waals surface area contributed by atoms with Crippen molar-refractivity contribution in [3.8, 4) is 11.3 Å². The quantitative estimate of drug-likeness (QED) is 0.504. The van der Waals surface area contributed by atoms with Crippen LogP contribution in [0.4, 0.5) is 10.3 Å². The zero-order valence-corrected chi connectivity index (χ0v) is 21.9. The minimum Gasteiger partial charge on any atom is -0.389 e. The Labute approximate surface area is 209 Å². The van der Waals surface area contributed by atoms with Crippen LogP contribution in [0.2, 0.25) is 5.02 Å². The lowest BCUT2D eigenvalue weighted by Gasteiger charge is -2.41. The van der Waals surface area contributed by atoms with Crippen LogP contribution in [-0.4, -0.2) is 68.3 Å². The Morgan fingerprint density at radius 2 is 2.03 bits per heavy atom. The Bertz CT molecular complexity index is 1360. The molecule has 1 aliphatic heterocycles. The van der Waals surface area contributed by atoms with Gasteiger partial charge in [-0.3, -0.25) is 0 Å². The van der Waals surface area contributed by atoms with E-state index in [0.29, 0.717) is 35.4 Å². The molecule has 3 aromatic rings. The maximum absolute atomic E-state index is 15.0. The van der Waals surface area contributed by atoms with Crippen LogP contribution >= 0.6 is 11.6 Å². The Morgan fingerprint density at radius 1 is 1.31 bits per heavy atom. The zero-order chi connectivity index (χ0) is 25.7. The molecule has 1 saturated heterocycles. The Kier molecular flexibility index (Phi) is 7.07. The van der Waals surface area contributed by atoms with Crippen molar-refractivity contribution in [2.24, 2.45) is 0 Å². The number of sulfonamides is 1. The average molecular weight is 525 g/mol. The average Bonchev–Trinajstić information content (AvgIpc) is 3.12. The van der Waals surface area contributed by atoms with E-state index in [1.807, 2.05) is 38.3 Å². The molecule has 0 unspecified atom stereocenters. The standard InChI is InChI=1S/C23H30ClFN6O3S/c1-6-18-22(32)17(7-8-30(18)35(5,33)34)28-23-26-11-15(24)20(29-23)14-9-16(25)21-19(10-14)31(12(2)3)13(4)27-21/h9-12,17-18,22,32H,6-8H2,1-5H3,(H,26,28,29)/t17-,18+,22+/m0/s1. The van der Waals surface area contributed by atoms with Gasteiger partial charge in [0.1, 0.15) is 11.3 Å².